The van der Waals surface area contributed by atoms with Crippen LogP contribution < -0.4 is 11.2 Å². The van der Waals surface area contributed by atoms with Crippen LogP contribution in [0, 0.1) is 23.8 Å². The monoisotopic (exact) mass is 569 g/mol. The zero-order chi connectivity index (χ0) is 28.9. The van der Waals surface area contributed by atoms with Crippen LogP contribution in [0.15, 0.2) is 21.9 Å². The van der Waals surface area contributed by atoms with Crippen LogP contribution in [0.4, 0.5) is 0 Å². The van der Waals surface area contributed by atoms with E-state index in [-0.39, 0.29) is 51.3 Å². The Morgan fingerprint density at radius 1 is 1.21 bits per heavy atom. The van der Waals surface area contributed by atoms with Crippen molar-refractivity contribution in [2.45, 2.75) is 84.6 Å². The molecule has 1 fully saturated rings. The predicted octanol–water partition coefficient (Wildman–Crippen LogP) is 3.00. The van der Waals surface area contributed by atoms with Gasteiger partial charge in [0.1, 0.15) is 32.4 Å². The molecule has 0 saturated carbocycles. The van der Waals surface area contributed by atoms with Gasteiger partial charge in [0, 0.05) is 24.3 Å². The van der Waals surface area contributed by atoms with Gasteiger partial charge in [-0.05, 0) is 41.0 Å². The Balaban J connectivity index is 2.32. The summed E-state index contributed by atoms with van der Waals surface area (Å²) in [5.41, 5.74) is -1.17. The average Bonchev–Trinajstić information content (AvgIpc) is 3.22. The number of nitrogens with one attached hydrogen (secondary N) is 1. The number of hydrogen-bond donors (Lipinski definition) is 1. The van der Waals surface area contributed by atoms with E-state index in [2.05, 4.69) is 20.6 Å². The number of hydrogen-bond acceptors (Lipinski definition) is 10. The Hall–Kier alpha value is -2.19. The van der Waals surface area contributed by atoms with Crippen LogP contribution in [-0.2, 0) is 28.0 Å². The van der Waals surface area contributed by atoms with Crippen LogP contribution in [0.5, 0.6) is 0 Å². The molecular formula is C25H40N5O8P. The Kier molecular flexibility index (Phi) is 14.2. The van der Waals surface area contributed by atoms with Crippen LogP contribution >= 0.6 is 8.53 Å². The molecule has 2 heterocycles. The molecule has 0 spiro atoms. The Bertz CT molecular complexity index is 1060. The van der Waals surface area contributed by atoms with Crippen molar-refractivity contribution in [2.75, 3.05) is 33.3 Å². The summed E-state index contributed by atoms with van der Waals surface area (Å²) in [4.78, 5) is 30.0. The number of nitrogens with zero attached hydrogens (tertiary/aromatic N) is 4. The number of H-pyrrole nitrogens is 1. The summed E-state index contributed by atoms with van der Waals surface area (Å²) in [6.45, 7) is 19.3. The van der Waals surface area contributed by atoms with Crippen LogP contribution in [0.2, 0.25) is 0 Å². The summed E-state index contributed by atoms with van der Waals surface area (Å²) in [5, 5.41) is 8.88. The topological polar surface area (TPSA) is 142 Å². The van der Waals surface area contributed by atoms with E-state index in [0.717, 1.165) is 0 Å². The SMILES string of the molecule is [C-]#[N+]CCOP(OC1[C@@H](CC)O[C@@H](n2ccc(=O)[nH]c2=O)[C@H]1OCOCOCC(C)C#N)N(C(C)C)C(C)C. The lowest BCUT2D eigenvalue weighted by Gasteiger charge is -2.38. The fraction of sp³-hybridized carbons (Fsp3) is 0.760. The van der Waals surface area contributed by atoms with Crippen LogP contribution in [-0.4, -0.2) is 78.0 Å². The highest BCUT2D eigenvalue weighted by atomic mass is 31.2. The minimum Gasteiger partial charge on any atom is -0.354 e. The molecule has 13 nitrogen and oxygen atoms in total. The van der Waals surface area contributed by atoms with Crippen molar-refractivity contribution in [3.63, 3.8) is 0 Å². The molecular weight excluding hydrogens is 529 g/mol. The number of ether oxygens (including phenoxy) is 4. The molecule has 1 aromatic heterocycles. The van der Waals surface area contributed by atoms with Gasteiger partial charge in [0.25, 0.3) is 14.1 Å². The van der Waals surface area contributed by atoms with Crippen molar-refractivity contribution >= 4 is 8.53 Å². The molecule has 0 aromatic carbocycles. The van der Waals surface area contributed by atoms with E-state index < -0.39 is 44.3 Å². The Labute approximate surface area is 230 Å². The van der Waals surface area contributed by atoms with E-state index >= 15 is 0 Å². The van der Waals surface area contributed by atoms with Gasteiger partial charge in [-0.15, -0.1) is 0 Å². The zero-order valence-corrected chi connectivity index (χ0v) is 24.3. The third-order valence-electron chi connectivity index (χ3n) is 5.78. The molecule has 1 aromatic rings. The fourth-order valence-corrected chi connectivity index (χ4v) is 5.83. The summed E-state index contributed by atoms with van der Waals surface area (Å²) in [7, 11) is -1.63. The van der Waals surface area contributed by atoms with Crippen LogP contribution in [0.25, 0.3) is 4.85 Å². The van der Waals surface area contributed by atoms with Gasteiger partial charge < -0.3 is 32.8 Å². The number of rotatable bonds is 17. The molecule has 1 saturated heterocycles. The lowest BCUT2D eigenvalue weighted by Crippen LogP contribution is -2.42. The van der Waals surface area contributed by atoms with E-state index in [9.17, 15) is 9.59 Å². The molecule has 3 unspecified atom stereocenters. The van der Waals surface area contributed by atoms with Crippen molar-refractivity contribution in [2.24, 2.45) is 5.92 Å². The summed E-state index contributed by atoms with van der Waals surface area (Å²) in [6.07, 6.45) is -0.966. The molecule has 0 radical (unpaired) electrons. The summed E-state index contributed by atoms with van der Waals surface area (Å²) >= 11 is 0. The first-order valence-electron chi connectivity index (χ1n) is 13.0. The second kappa shape index (κ2) is 16.8. The molecule has 0 amide bonds. The maximum absolute atomic E-state index is 12.7. The lowest BCUT2D eigenvalue weighted by atomic mass is 10.1. The molecule has 2 rings (SSSR count). The van der Waals surface area contributed by atoms with Crippen molar-refractivity contribution in [1.29, 1.82) is 5.26 Å². The van der Waals surface area contributed by atoms with Gasteiger partial charge in [0.15, 0.2) is 6.23 Å². The molecule has 218 valence electrons. The molecule has 0 aliphatic carbocycles. The highest BCUT2D eigenvalue weighted by Crippen LogP contribution is 2.50. The second-order valence-electron chi connectivity index (χ2n) is 9.55. The molecule has 1 N–H and O–H groups in total. The summed E-state index contributed by atoms with van der Waals surface area (Å²) in [5.74, 6) is -0.274. The van der Waals surface area contributed by atoms with Gasteiger partial charge in [-0.3, -0.25) is 14.3 Å². The Morgan fingerprint density at radius 3 is 2.51 bits per heavy atom. The van der Waals surface area contributed by atoms with Crippen molar-refractivity contribution in [3.8, 4) is 6.07 Å². The van der Waals surface area contributed by atoms with Crippen LogP contribution in [0.1, 0.15) is 54.2 Å². The minimum absolute atomic E-state index is 0.0831. The number of aromatic nitrogens is 2. The van der Waals surface area contributed by atoms with Crippen molar-refractivity contribution < 1.29 is 28.0 Å². The third kappa shape index (κ3) is 9.75. The first kappa shape index (κ1) is 33.0. The van der Waals surface area contributed by atoms with Gasteiger partial charge in [0.2, 0.25) is 6.54 Å². The van der Waals surface area contributed by atoms with E-state index in [1.165, 1.54) is 16.8 Å². The highest BCUT2D eigenvalue weighted by Gasteiger charge is 2.49. The highest BCUT2D eigenvalue weighted by molar-refractivity contribution is 7.44. The normalized spacial score (nSPS) is 22.7. The standard InChI is InChI=1S/C25H40N5O8P/c1-8-20-22(38-39(36-12-10-27-7)30(17(2)3)18(4)5)23(35-16-34-15-33-14-19(6)13-26)24(37-20)29-11-9-21(31)28-25(29)32/h9,11,17-20,22-24H,8,10,12,14-16H2,1-6H3,(H,28,31,32)/t19?,20-,22?,23+,24-,39?/m1/s1. The minimum atomic E-state index is -1.63. The van der Waals surface area contributed by atoms with Crippen LogP contribution in [0.3, 0.4) is 0 Å². The van der Waals surface area contributed by atoms with Gasteiger partial charge in [-0.1, -0.05) is 6.92 Å². The largest absolute Gasteiger partial charge is 0.354 e. The molecule has 14 heteroatoms. The van der Waals surface area contributed by atoms with Crippen molar-refractivity contribution in [1.82, 2.24) is 14.2 Å². The molecule has 6 atom stereocenters. The van der Waals surface area contributed by atoms with E-state index in [1.54, 1.807) is 6.92 Å². The van der Waals surface area contributed by atoms with E-state index in [0.29, 0.717) is 6.42 Å². The van der Waals surface area contributed by atoms with Gasteiger partial charge in [-0.25, -0.2) is 16.0 Å². The molecule has 1 aliphatic heterocycles. The quantitative estimate of drug-likeness (QED) is 0.129. The van der Waals surface area contributed by atoms with Gasteiger partial charge in [0.05, 0.1) is 24.7 Å². The number of nitriles is 1. The van der Waals surface area contributed by atoms with E-state index in [4.69, 9.17) is 39.8 Å². The fourth-order valence-electron chi connectivity index (χ4n) is 4.07. The lowest BCUT2D eigenvalue weighted by molar-refractivity contribution is -0.175. The molecule has 1 aliphatic rings. The zero-order valence-electron chi connectivity index (χ0n) is 23.4. The first-order chi connectivity index (χ1) is 18.6. The molecule has 0 bridgehead atoms. The smallest absolute Gasteiger partial charge is 0.330 e. The molecule has 39 heavy (non-hydrogen) atoms. The second-order valence-corrected chi connectivity index (χ2v) is 11.0. The van der Waals surface area contributed by atoms with Gasteiger partial charge >= 0.3 is 5.69 Å². The van der Waals surface area contributed by atoms with E-state index in [1.807, 2.05) is 34.6 Å². The van der Waals surface area contributed by atoms with Gasteiger partial charge in [-0.2, -0.15) is 5.26 Å². The number of aromatic amines is 1. The maximum atomic E-state index is 12.7. The summed E-state index contributed by atoms with van der Waals surface area (Å²) in [6, 6.07) is 3.48. The Morgan fingerprint density at radius 2 is 1.92 bits per heavy atom. The first-order valence-corrected chi connectivity index (χ1v) is 14.1. The summed E-state index contributed by atoms with van der Waals surface area (Å²) < 4.78 is 39.2. The third-order valence-corrected chi connectivity index (χ3v) is 7.90. The maximum Gasteiger partial charge on any atom is 0.330 e. The predicted molar refractivity (Wildman–Crippen MR) is 143 cm³/mol. The average molecular weight is 570 g/mol. The van der Waals surface area contributed by atoms with Crippen molar-refractivity contribution in [3.05, 3.63) is 44.5 Å².